The standard InChI is InChI=1S/C22H31N3O2S/c1-22(2)10-16(11-22)25-12-17(13-25)28(27)24-21(26)23-20-18-7-3-5-14(18)9-15-6-4-8-19(15)20/h9,16-17H,3-8,10-13H2,1-2H3,(H2,23,24,26). The highest BCUT2D eigenvalue weighted by molar-refractivity contribution is 7.90. The Kier molecular flexibility index (Phi) is 4.64. The average Bonchev–Trinajstić information content (AvgIpc) is 3.20. The lowest BCUT2D eigenvalue weighted by Crippen LogP contribution is -2.64. The molecule has 5 rings (SSSR count). The third-order valence-corrected chi connectivity index (χ3v) is 8.47. The first-order valence-corrected chi connectivity index (χ1v) is 12.0. The number of rotatable bonds is 4. The SMILES string of the molecule is CC1(C)CC(N2CC([S+]([O-])NC(=O)Nc3c4c(cc5c3CCC5)CCC4)C2)C1. The van der Waals surface area contributed by atoms with Crippen molar-refractivity contribution in [2.24, 2.45) is 5.41 Å². The van der Waals surface area contributed by atoms with Gasteiger partial charge in [-0.3, -0.25) is 4.90 Å². The van der Waals surface area contributed by atoms with E-state index in [0.717, 1.165) is 57.3 Å². The zero-order chi connectivity index (χ0) is 19.5. The molecule has 5 nitrogen and oxygen atoms in total. The number of amides is 2. The number of urea groups is 1. The number of fused-ring (bicyclic) bond motifs is 2. The van der Waals surface area contributed by atoms with Crippen LogP contribution in [-0.2, 0) is 37.0 Å². The summed E-state index contributed by atoms with van der Waals surface area (Å²) in [5, 5.41) is 3.14. The van der Waals surface area contributed by atoms with Gasteiger partial charge in [0.15, 0.2) is 5.25 Å². The van der Waals surface area contributed by atoms with Crippen LogP contribution in [0.5, 0.6) is 0 Å². The van der Waals surface area contributed by atoms with E-state index in [-0.39, 0.29) is 11.3 Å². The number of hydrogen-bond acceptors (Lipinski definition) is 3. The zero-order valence-corrected chi connectivity index (χ0v) is 17.8. The molecule has 1 aromatic carbocycles. The second kappa shape index (κ2) is 6.92. The van der Waals surface area contributed by atoms with Gasteiger partial charge in [-0.25, -0.2) is 4.79 Å². The van der Waals surface area contributed by atoms with Crippen LogP contribution in [0.2, 0.25) is 0 Å². The number of nitrogens with one attached hydrogen (secondary N) is 2. The Hall–Kier alpha value is -1.24. The minimum Gasteiger partial charge on any atom is -0.593 e. The monoisotopic (exact) mass is 401 g/mol. The molecule has 1 aliphatic heterocycles. The Morgan fingerprint density at radius 1 is 1.11 bits per heavy atom. The Balaban J connectivity index is 1.18. The van der Waals surface area contributed by atoms with Crippen LogP contribution in [0.25, 0.3) is 0 Å². The molecule has 2 amide bonds. The third-order valence-electron chi connectivity index (χ3n) is 7.18. The fourth-order valence-electron chi connectivity index (χ4n) is 5.66. The van der Waals surface area contributed by atoms with E-state index in [0.29, 0.717) is 11.5 Å². The summed E-state index contributed by atoms with van der Waals surface area (Å²) < 4.78 is 15.3. The molecule has 6 heteroatoms. The van der Waals surface area contributed by atoms with Gasteiger partial charge in [0.25, 0.3) is 0 Å². The first-order chi connectivity index (χ1) is 13.4. The van der Waals surface area contributed by atoms with Crippen molar-refractivity contribution in [3.05, 3.63) is 28.3 Å². The summed E-state index contributed by atoms with van der Waals surface area (Å²) in [7, 11) is 0. The van der Waals surface area contributed by atoms with Gasteiger partial charge < -0.3 is 9.87 Å². The summed E-state index contributed by atoms with van der Waals surface area (Å²) in [4.78, 5) is 15.0. The highest BCUT2D eigenvalue weighted by Crippen LogP contribution is 2.44. The van der Waals surface area contributed by atoms with E-state index in [9.17, 15) is 9.35 Å². The Morgan fingerprint density at radius 2 is 1.71 bits per heavy atom. The molecule has 152 valence electrons. The van der Waals surface area contributed by atoms with Gasteiger partial charge in [-0.05, 0) is 79.0 Å². The molecule has 28 heavy (non-hydrogen) atoms. The predicted octanol–water partition coefficient (Wildman–Crippen LogP) is 3.32. The van der Waals surface area contributed by atoms with Gasteiger partial charge in [-0.2, -0.15) is 4.72 Å². The molecule has 0 spiro atoms. The summed E-state index contributed by atoms with van der Waals surface area (Å²) in [6.45, 7) is 6.29. The van der Waals surface area contributed by atoms with Crippen molar-refractivity contribution in [3.8, 4) is 0 Å². The maximum absolute atomic E-state index is 12.6. The van der Waals surface area contributed by atoms with Crippen molar-refractivity contribution < 1.29 is 9.35 Å². The van der Waals surface area contributed by atoms with Crippen molar-refractivity contribution in [2.45, 2.75) is 76.5 Å². The molecule has 0 radical (unpaired) electrons. The minimum absolute atomic E-state index is 0.0571. The Labute approximate surface area is 170 Å². The number of hydrogen-bond donors (Lipinski definition) is 2. The van der Waals surface area contributed by atoms with Gasteiger partial charge in [0.05, 0.1) is 24.5 Å². The maximum Gasteiger partial charge on any atom is 0.360 e. The number of nitrogens with zero attached hydrogens (tertiary/aromatic N) is 1. The quantitative estimate of drug-likeness (QED) is 0.761. The lowest BCUT2D eigenvalue weighted by molar-refractivity contribution is -0.00658. The fraction of sp³-hybridized carbons (Fsp3) is 0.682. The van der Waals surface area contributed by atoms with Crippen LogP contribution >= 0.6 is 0 Å². The van der Waals surface area contributed by atoms with Gasteiger partial charge in [0, 0.05) is 11.7 Å². The number of carbonyl (C=O) groups excluding carboxylic acids is 1. The maximum atomic E-state index is 12.6. The Bertz CT molecular complexity index is 763. The molecule has 2 N–H and O–H groups in total. The van der Waals surface area contributed by atoms with Crippen molar-refractivity contribution in [3.63, 3.8) is 0 Å². The van der Waals surface area contributed by atoms with Gasteiger partial charge in [-0.1, -0.05) is 19.9 Å². The van der Waals surface area contributed by atoms with Crippen LogP contribution in [-0.4, -0.2) is 39.9 Å². The van der Waals surface area contributed by atoms with Crippen molar-refractivity contribution >= 4 is 23.1 Å². The first-order valence-electron chi connectivity index (χ1n) is 10.8. The molecule has 1 heterocycles. The van der Waals surface area contributed by atoms with E-state index in [1.54, 1.807) is 0 Å². The van der Waals surface area contributed by atoms with E-state index < -0.39 is 11.4 Å². The van der Waals surface area contributed by atoms with Crippen LogP contribution < -0.4 is 10.0 Å². The molecule has 1 aromatic rings. The second-order valence-electron chi connectivity index (χ2n) is 9.89. The van der Waals surface area contributed by atoms with Gasteiger partial charge in [0.1, 0.15) is 0 Å². The van der Waals surface area contributed by atoms with E-state index >= 15 is 0 Å². The van der Waals surface area contributed by atoms with E-state index in [1.807, 2.05) is 0 Å². The largest absolute Gasteiger partial charge is 0.593 e. The smallest absolute Gasteiger partial charge is 0.360 e. The molecule has 3 aliphatic carbocycles. The fourth-order valence-corrected chi connectivity index (χ4v) is 6.71. The van der Waals surface area contributed by atoms with Crippen LogP contribution in [0, 0.1) is 5.41 Å². The second-order valence-corrected chi connectivity index (χ2v) is 11.4. The van der Waals surface area contributed by atoms with Crippen LogP contribution in [0.4, 0.5) is 10.5 Å². The zero-order valence-electron chi connectivity index (χ0n) is 17.0. The topological polar surface area (TPSA) is 67.4 Å². The minimum atomic E-state index is -1.32. The highest BCUT2D eigenvalue weighted by atomic mass is 32.2. The molecule has 1 saturated heterocycles. The van der Waals surface area contributed by atoms with E-state index in [2.05, 4.69) is 34.9 Å². The Morgan fingerprint density at radius 3 is 2.29 bits per heavy atom. The normalized spacial score (nSPS) is 24.8. The molecule has 0 aromatic heterocycles. The van der Waals surface area contributed by atoms with Crippen LogP contribution in [0.15, 0.2) is 6.07 Å². The molecular weight excluding hydrogens is 370 g/mol. The summed E-state index contributed by atoms with van der Waals surface area (Å²) in [6, 6.07) is 2.69. The van der Waals surface area contributed by atoms with Crippen LogP contribution in [0.1, 0.15) is 61.8 Å². The summed E-state index contributed by atoms with van der Waals surface area (Å²) in [6.07, 6.45) is 9.08. The lowest BCUT2D eigenvalue weighted by atomic mass is 9.67. The van der Waals surface area contributed by atoms with Gasteiger partial charge in [-0.15, -0.1) is 0 Å². The number of benzene rings is 1. The molecular formula is C22H31N3O2S. The number of aryl methyl sites for hydroxylation is 2. The molecule has 1 unspecified atom stereocenters. The lowest BCUT2D eigenvalue weighted by Gasteiger charge is -2.53. The van der Waals surface area contributed by atoms with E-state index in [4.69, 9.17) is 0 Å². The van der Waals surface area contributed by atoms with Crippen molar-refractivity contribution in [1.82, 2.24) is 9.62 Å². The van der Waals surface area contributed by atoms with Gasteiger partial charge >= 0.3 is 6.03 Å². The summed E-state index contributed by atoms with van der Waals surface area (Å²) in [5.41, 5.74) is 6.89. The third kappa shape index (κ3) is 3.33. The average molecular weight is 402 g/mol. The molecule has 2 fully saturated rings. The van der Waals surface area contributed by atoms with Gasteiger partial charge in [0.2, 0.25) is 0 Å². The summed E-state index contributed by atoms with van der Waals surface area (Å²) in [5.74, 6) is 0. The molecule has 1 saturated carbocycles. The van der Waals surface area contributed by atoms with Crippen LogP contribution in [0.3, 0.4) is 0 Å². The van der Waals surface area contributed by atoms with Crippen molar-refractivity contribution in [2.75, 3.05) is 18.4 Å². The molecule has 0 bridgehead atoms. The number of carbonyl (C=O) groups is 1. The van der Waals surface area contributed by atoms with Crippen molar-refractivity contribution in [1.29, 1.82) is 0 Å². The number of likely N-dealkylation sites (tertiary alicyclic amines) is 1. The first kappa shape index (κ1) is 18.8. The molecule has 1 atom stereocenters. The highest BCUT2D eigenvalue weighted by Gasteiger charge is 2.47. The predicted molar refractivity (Wildman–Crippen MR) is 113 cm³/mol. The summed E-state index contributed by atoms with van der Waals surface area (Å²) >= 11 is -1.32. The number of anilines is 1. The molecule has 4 aliphatic rings. The van der Waals surface area contributed by atoms with E-state index in [1.165, 1.54) is 35.1 Å².